The number of aliphatic hydroxyl groups excluding tert-OH is 1. The van der Waals surface area contributed by atoms with Crippen LogP contribution in [-0.4, -0.2) is 12.2 Å². The van der Waals surface area contributed by atoms with Gasteiger partial charge in [0, 0.05) is 5.56 Å². The fraction of sp³-hybridized carbons (Fsp3) is 0.364. The van der Waals surface area contributed by atoms with Gasteiger partial charge >= 0.3 is 0 Å². The number of hydrogen-bond acceptors (Lipinski definition) is 2. The van der Waals surface area contributed by atoms with Crippen molar-refractivity contribution in [3.63, 3.8) is 0 Å². The van der Waals surface area contributed by atoms with Gasteiger partial charge in [0.2, 0.25) is 0 Å². The lowest BCUT2D eigenvalue weighted by molar-refractivity contribution is 0.381. The molecule has 1 aliphatic rings. The first-order valence-electron chi connectivity index (χ1n) is 4.51. The second kappa shape index (κ2) is 3.38. The van der Waals surface area contributed by atoms with Crippen molar-refractivity contribution < 1.29 is 9.84 Å². The fourth-order valence-electron chi connectivity index (χ4n) is 1.63. The Morgan fingerprint density at radius 2 is 2.23 bits per heavy atom. The lowest BCUT2D eigenvalue weighted by atomic mass is 10.1. The fourth-order valence-corrected chi connectivity index (χ4v) is 1.63. The van der Waals surface area contributed by atoms with Crippen molar-refractivity contribution in [3.8, 4) is 5.75 Å². The molecule has 0 atom stereocenters. The second-order valence-electron chi connectivity index (χ2n) is 3.37. The predicted octanol–water partition coefficient (Wildman–Crippen LogP) is 2.45. The van der Waals surface area contributed by atoms with Crippen molar-refractivity contribution in [2.24, 2.45) is 0 Å². The van der Waals surface area contributed by atoms with E-state index < -0.39 is 0 Å². The highest BCUT2D eigenvalue weighted by Crippen LogP contribution is 2.45. The van der Waals surface area contributed by atoms with Crippen molar-refractivity contribution in [2.75, 3.05) is 7.11 Å². The van der Waals surface area contributed by atoms with Crippen LogP contribution in [0.1, 0.15) is 29.9 Å². The SMILES string of the molecule is COc1c([CH]O)cccc1C1CC1. The lowest BCUT2D eigenvalue weighted by Crippen LogP contribution is -1.95. The van der Waals surface area contributed by atoms with Gasteiger partial charge in [0.15, 0.2) is 0 Å². The predicted molar refractivity (Wildman–Crippen MR) is 50.3 cm³/mol. The van der Waals surface area contributed by atoms with Crippen LogP contribution in [0.15, 0.2) is 18.2 Å². The van der Waals surface area contributed by atoms with Crippen molar-refractivity contribution in [1.82, 2.24) is 0 Å². The zero-order valence-electron chi connectivity index (χ0n) is 7.66. The van der Waals surface area contributed by atoms with E-state index in [0.29, 0.717) is 5.92 Å². The largest absolute Gasteiger partial charge is 0.496 e. The summed E-state index contributed by atoms with van der Waals surface area (Å²) >= 11 is 0. The molecule has 1 aromatic rings. The van der Waals surface area contributed by atoms with Crippen LogP contribution in [0.4, 0.5) is 0 Å². The second-order valence-corrected chi connectivity index (χ2v) is 3.37. The Balaban J connectivity index is 2.41. The minimum atomic E-state index is 0.648. The molecule has 0 aromatic heterocycles. The molecule has 0 aliphatic heterocycles. The number of para-hydroxylation sites is 1. The summed E-state index contributed by atoms with van der Waals surface area (Å²) in [5.74, 6) is 1.47. The maximum absolute atomic E-state index is 8.97. The maximum Gasteiger partial charge on any atom is 0.128 e. The summed E-state index contributed by atoms with van der Waals surface area (Å²) in [6.45, 7) is 1.10. The van der Waals surface area contributed by atoms with Gasteiger partial charge in [0.1, 0.15) is 12.4 Å². The monoisotopic (exact) mass is 177 g/mol. The Kier molecular flexibility index (Phi) is 2.23. The van der Waals surface area contributed by atoms with Crippen LogP contribution in [0.5, 0.6) is 5.75 Å². The van der Waals surface area contributed by atoms with Crippen LogP contribution >= 0.6 is 0 Å². The van der Waals surface area contributed by atoms with E-state index in [0.717, 1.165) is 17.9 Å². The smallest absolute Gasteiger partial charge is 0.128 e. The number of benzene rings is 1. The highest BCUT2D eigenvalue weighted by molar-refractivity contribution is 5.47. The molecule has 2 nitrogen and oxygen atoms in total. The minimum absolute atomic E-state index is 0.648. The lowest BCUT2D eigenvalue weighted by Gasteiger charge is -2.10. The Morgan fingerprint density at radius 1 is 1.46 bits per heavy atom. The molecule has 69 valence electrons. The van der Waals surface area contributed by atoms with E-state index in [1.807, 2.05) is 12.1 Å². The van der Waals surface area contributed by atoms with Crippen molar-refractivity contribution in [3.05, 3.63) is 35.9 Å². The summed E-state index contributed by atoms with van der Waals surface area (Å²) < 4.78 is 5.28. The molecule has 13 heavy (non-hydrogen) atoms. The van der Waals surface area contributed by atoms with Crippen molar-refractivity contribution >= 4 is 0 Å². The maximum atomic E-state index is 8.97. The van der Waals surface area contributed by atoms with E-state index in [-0.39, 0.29) is 0 Å². The molecular formula is C11H13O2. The molecule has 1 saturated carbocycles. The Morgan fingerprint density at radius 3 is 2.77 bits per heavy atom. The average Bonchev–Trinajstić information content (AvgIpc) is 2.99. The normalized spacial score (nSPS) is 15.8. The van der Waals surface area contributed by atoms with Gasteiger partial charge in [-0.3, -0.25) is 0 Å². The van der Waals surface area contributed by atoms with E-state index in [1.165, 1.54) is 18.4 Å². The molecule has 1 aromatic carbocycles. The van der Waals surface area contributed by atoms with Crippen LogP contribution in [-0.2, 0) is 0 Å². The zero-order valence-corrected chi connectivity index (χ0v) is 7.66. The van der Waals surface area contributed by atoms with Crippen LogP contribution in [0.25, 0.3) is 0 Å². The molecule has 0 saturated heterocycles. The Labute approximate surface area is 78.2 Å². The first-order chi connectivity index (χ1) is 6.36. The van der Waals surface area contributed by atoms with Gasteiger partial charge in [0.25, 0.3) is 0 Å². The Bertz CT molecular complexity index is 303. The van der Waals surface area contributed by atoms with Gasteiger partial charge in [-0.1, -0.05) is 18.2 Å². The highest BCUT2D eigenvalue weighted by Gasteiger charge is 2.27. The average molecular weight is 177 g/mol. The summed E-state index contributed by atoms with van der Waals surface area (Å²) in [5, 5.41) is 8.97. The molecule has 1 fully saturated rings. The third kappa shape index (κ3) is 1.54. The summed E-state index contributed by atoms with van der Waals surface area (Å²) in [6.07, 6.45) is 2.48. The van der Waals surface area contributed by atoms with Crippen molar-refractivity contribution in [2.45, 2.75) is 18.8 Å². The molecular weight excluding hydrogens is 164 g/mol. The van der Waals surface area contributed by atoms with E-state index in [2.05, 4.69) is 6.07 Å². The summed E-state index contributed by atoms with van der Waals surface area (Å²) in [7, 11) is 1.65. The first kappa shape index (κ1) is 8.57. The molecule has 0 heterocycles. The third-order valence-corrected chi connectivity index (χ3v) is 2.44. The van der Waals surface area contributed by atoms with Gasteiger partial charge in [-0.05, 0) is 24.3 Å². The summed E-state index contributed by atoms with van der Waals surface area (Å²) in [6, 6.07) is 5.88. The van der Waals surface area contributed by atoms with Crippen LogP contribution in [0, 0.1) is 6.61 Å². The Hall–Kier alpha value is -1.02. The molecule has 1 radical (unpaired) electrons. The molecule has 0 amide bonds. The number of methoxy groups -OCH3 is 1. The quantitative estimate of drug-likeness (QED) is 0.768. The van der Waals surface area contributed by atoms with E-state index in [1.54, 1.807) is 7.11 Å². The summed E-state index contributed by atoms with van der Waals surface area (Å²) in [5.41, 5.74) is 2.00. The minimum Gasteiger partial charge on any atom is -0.496 e. The first-order valence-corrected chi connectivity index (χ1v) is 4.51. The molecule has 2 rings (SSSR count). The molecule has 2 heteroatoms. The number of rotatable bonds is 3. The van der Waals surface area contributed by atoms with E-state index >= 15 is 0 Å². The molecule has 1 N–H and O–H groups in total. The van der Waals surface area contributed by atoms with Gasteiger partial charge in [-0.25, -0.2) is 0 Å². The van der Waals surface area contributed by atoms with Gasteiger partial charge < -0.3 is 9.84 Å². The topological polar surface area (TPSA) is 29.5 Å². The highest BCUT2D eigenvalue weighted by atomic mass is 16.5. The van der Waals surface area contributed by atoms with Crippen LogP contribution < -0.4 is 4.74 Å². The van der Waals surface area contributed by atoms with Crippen LogP contribution in [0.2, 0.25) is 0 Å². The number of ether oxygens (including phenoxy) is 1. The van der Waals surface area contributed by atoms with Gasteiger partial charge in [0.05, 0.1) is 7.11 Å². The standard InChI is InChI=1S/C11H13O2/c1-13-11-9(7-12)3-2-4-10(11)8-5-6-8/h2-4,7-8,12H,5-6H2,1H3. The third-order valence-electron chi connectivity index (χ3n) is 2.44. The number of hydrogen-bond donors (Lipinski definition) is 1. The van der Waals surface area contributed by atoms with Crippen LogP contribution in [0.3, 0.4) is 0 Å². The summed E-state index contributed by atoms with van der Waals surface area (Å²) in [4.78, 5) is 0. The van der Waals surface area contributed by atoms with Crippen molar-refractivity contribution in [1.29, 1.82) is 0 Å². The van der Waals surface area contributed by atoms with Gasteiger partial charge in [-0.15, -0.1) is 0 Å². The van der Waals surface area contributed by atoms with E-state index in [4.69, 9.17) is 9.84 Å². The molecule has 0 bridgehead atoms. The molecule has 0 spiro atoms. The molecule has 1 aliphatic carbocycles. The van der Waals surface area contributed by atoms with Gasteiger partial charge in [-0.2, -0.15) is 0 Å². The van der Waals surface area contributed by atoms with E-state index in [9.17, 15) is 0 Å². The molecule has 0 unspecified atom stereocenters. The number of aliphatic hydroxyl groups is 1. The zero-order chi connectivity index (χ0) is 9.26.